The fraction of sp³-hybridized carbons (Fsp3) is 0.353. The van der Waals surface area contributed by atoms with Gasteiger partial charge in [0.1, 0.15) is 0 Å². The topological polar surface area (TPSA) is 154 Å². The average molecular weight is 457 g/mol. The minimum atomic E-state index is -4.29. The van der Waals surface area contributed by atoms with Gasteiger partial charge in [-0.25, -0.2) is 9.59 Å². The molecular weight excluding hydrogens is 436 g/mol. The Hall–Kier alpha value is -3.06. The summed E-state index contributed by atoms with van der Waals surface area (Å²) in [4.78, 5) is 35.8. The van der Waals surface area contributed by atoms with E-state index in [1.54, 1.807) is 20.8 Å². The van der Waals surface area contributed by atoms with E-state index >= 15 is 0 Å². The molecule has 2 aromatic rings. The van der Waals surface area contributed by atoms with E-state index in [1.807, 2.05) is 0 Å². The molecule has 0 aliphatic heterocycles. The number of nitrogens with one attached hydrogen (secondary N) is 2. The zero-order valence-electron chi connectivity index (χ0n) is 16.8. The zero-order chi connectivity index (χ0) is 22.7. The van der Waals surface area contributed by atoms with Crippen LogP contribution < -0.4 is 10.0 Å². The fourth-order valence-corrected chi connectivity index (χ4v) is 3.97. The summed E-state index contributed by atoms with van der Waals surface area (Å²) in [6.45, 7) is 5.06. The maximum absolute atomic E-state index is 12.7. The molecule has 0 aliphatic rings. The Bertz CT molecular complexity index is 1090. The number of methoxy groups -OCH3 is 2. The molecule has 0 saturated carbocycles. The van der Waals surface area contributed by atoms with Gasteiger partial charge in [-0.05, 0) is 18.2 Å². The molecule has 0 saturated heterocycles. The number of rotatable bonds is 6. The van der Waals surface area contributed by atoms with Crippen LogP contribution in [0.5, 0.6) is 0 Å². The molecule has 1 aromatic carbocycles. The molecule has 2 N–H and O–H groups in total. The van der Waals surface area contributed by atoms with Crippen LogP contribution in [-0.4, -0.2) is 50.7 Å². The number of ether oxygens (including phenoxy) is 2. The number of esters is 2. The monoisotopic (exact) mass is 456 g/mol. The Morgan fingerprint density at radius 1 is 1.03 bits per heavy atom. The SMILES string of the molecule is COC(=O)c1ccc(C(=O)OC)c(NS(=O)(=O)c2nnc(NC(=O)C(C)(C)C)s2)c1. The van der Waals surface area contributed by atoms with Crippen molar-refractivity contribution in [1.82, 2.24) is 10.2 Å². The van der Waals surface area contributed by atoms with Crippen molar-refractivity contribution in [1.29, 1.82) is 0 Å². The van der Waals surface area contributed by atoms with Crippen LogP contribution in [0.2, 0.25) is 0 Å². The van der Waals surface area contributed by atoms with Crippen LogP contribution in [0.1, 0.15) is 41.5 Å². The highest BCUT2D eigenvalue weighted by Gasteiger charge is 2.27. The molecule has 30 heavy (non-hydrogen) atoms. The first-order chi connectivity index (χ1) is 13.9. The van der Waals surface area contributed by atoms with Gasteiger partial charge in [-0.3, -0.25) is 9.52 Å². The number of amides is 1. The maximum Gasteiger partial charge on any atom is 0.339 e. The summed E-state index contributed by atoms with van der Waals surface area (Å²) in [5.74, 6) is -1.91. The number of hydrogen-bond donors (Lipinski definition) is 2. The van der Waals surface area contributed by atoms with Gasteiger partial charge in [-0.2, -0.15) is 8.42 Å². The van der Waals surface area contributed by atoms with Crippen LogP contribution in [0.25, 0.3) is 0 Å². The van der Waals surface area contributed by atoms with Crippen LogP contribution >= 0.6 is 11.3 Å². The van der Waals surface area contributed by atoms with Gasteiger partial charge in [0, 0.05) is 5.41 Å². The Morgan fingerprint density at radius 3 is 2.23 bits per heavy atom. The molecule has 11 nitrogen and oxygen atoms in total. The lowest BCUT2D eigenvalue weighted by molar-refractivity contribution is -0.123. The van der Waals surface area contributed by atoms with Gasteiger partial charge in [-0.1, -0.05) is 32.1 Å². The third-order valence-electron chi connectivity index (χ3n) is 3.63. The lowest BCUT2D eigenvalue weighted by Gasteiger charge is -2.15. The first-order valence-corrected chi connectivity index (χ1v) is 10.7. The van der Waals surface area contributed by atoms with E-state index in [9.17, 15) is 22.8 Å². The predicted octanol–water partition coefficient (Wildman–Crippen LogP) is 1.90. The Labute approximate surface area is 176 Å². The molecule has 0 unspecified atom stereocenters. The molecule has 1 aromatic heterocycles. The number of hydrogen-bond acceptors (Lipinski definition) is 10. The second-order valence-electron chi connectivity index (χ2n) is 6.93. The second-order valence-corrected chi connectivity index (χ2v) is 9.76. The highest BCUT2D eigenvalue weighted by molar-refractivity contribution is 7.94. The van der Waals surface area contributed by atoms with Crippen LogP contribution in [0.3, 0.4) is 0 Å². The Balaban J connectivity index is 2.37. The van der Waals surface area contributed by atoms with E-state index in [0.717, 1.165) is 20.3 Å². The van der Waals surface area contributed by atoms with Crippen molar-refractivity contribution in [2.75, 3.05) is 24.3 Å². The molecule has 1 amide bonds. The second kappa shape index (κ2) is 8.75. The normalized spacial score (nSPS) is 11.5. The molecule has 0 radical (unpaired) electrons. The number of nitrogens with zero attached hydrogens (tertiary/aromatic N) is 2. The van der Waals surface area contributed by atoms with Crippen molar-refractivity contribution in [2.24, 2.45) is 5.41 Å². The fourth-order valence-electron chi connectivity index (χ4n) is 2.00. The standard InChI is InChI=1S/C17H20N4O7S2/c1-17(2,3)14(24)18-15-19-20-16(29-15)30(25,26)21-11-8-9(12(22)27-4)6-7-10(11)13(23)28-5/h6-8,21H,1-5H3,(H,18,19,24). The average Bonchev–Trinajstić information content (AvgIpc) is 3.15. The summed E-state index contributed by atoms with van der Waals surface area (Å²) >= 11 is 0.626. The molecule has 0 bridgehead atoms. The van der Waals surface area contributed by atoms with Crippen molar-refractivity contribution in [3.8, 4) is 0 Å². The third-order valence-corrected chi connectivity index (χ3v) is 6.20. The number of carbonyl (C=O) groups excluding carboxylic acids is 3. The lowest BCUT2D eigenvalue weighted by Crippen LogP contribution is -2.27. The van der Waals surface area contributed by atoms with Crippen molar-refractivity contribution >= 4 is 50.0 Å². The minimum Gasteiger partial charge on any atom is -0.465 e. The highest BCUT2D eigenvalue weighted by Crippen LogP contribution is 2.27. The predicted molar refractivity (Wildman–Crippen MR) is 108 cm³/mol. The summed E-state index contributed by atoms with van der Waals surface area (Å²) in [5.41, 5.74) is -1.04. The van der Waals surface area contributed by atoms with E-state index < -0.39 is 31.7 Å². The summed E-state index contributed by atoms with van der Waals surface area (Å²) in [6, 6.07) is 3.66. The summed E-state index contributed by atoms with van der Waals surface area (Å²) in [5, 5.41) is 9.72. The Kier molecular flexibility index (Phi) is 6.77. The molecule has 162 valence electrons. The van der Waals surface area contributed by atoms with E-state index in [-0.39, 0.29) is 27.9 Å². The van der Waals surface area contributed by atoms with Gasteiger partial charge in [-0.15, -0.1) is 10.2 Å². The quantitative estimate of drug-likeness (QED) is 0.490. The van der Waals surface area contributed by atoms with Crippen molar-refractivity contribution < 1.29 is 32.3 Å². The van der Waals surface area contributed by atoms with Gasteiger partial charge in [0.15, 0.2) is 0 Å². The van der Waals surface area contributed by atoms with E-state index in [4.69, 9.17) is 0 Å². The zero-order valence-corrected chi connectivity index (χ0v) is 18.4. The van der Waals surface area contributed by atoms with Crippen LogP contribution in [0, 0.1) is 5.41 Å². The highest BCUT2D eigenvalue weighted by atomic mass is 32.2. The van der Waals surface area contributed by atoms with Crippen LogP contribution in [-0.2, 0) is 24.3 Å². The van der Waals surface area contributed by atoms with Gasteiger partial charge >= 0.3 is 11.9 Å². The van der Waals surface area contributed by atoms with Gasteiger partial charge in [0.25, 0.3) is 14.4 Å². The first kappa shape index (κ1) is 23.2. The van der Waals surface area contributed by atoms with E-state index in [2.05, 4.69) is 29.7 Å². The lowest BCUT2D eigenvalue weighted by atomic mass is 9.96. The summed E-state index contributed by atoms with van der Waals surface area (Å²) < 4.78 is 36.4. The largest absolute Gasteiger partial charge is 0.465 e. The van der Waals surface area contributed by atoms with Crippen LogP contribution in [0.15, 0.2) is 22.5 Å². The summed E-state index contributed by atoms with van der Waals surface area (Å²) in [7, 11) is -2.00. The van der Waals surface area contributed by atoms with Gasteiger partial charge < -0.3 is 14.8 Å². The molecule has 1 heterocycles. The molecule has 0 fully saturated rings. The number of anilines is 2. The van der Waals surface area contributed by atoms with Crippen molar-refractivity contribution in [2.45, 2.75) is 25.1 Å². The first-order valence-electron chi connectivity index (χ1n) is 8.37. The smallest absolute Gasteiger partial charge is 0.339 e. The maximum atomic E-state index is 12.7. The third kappa shape index (κ3) is 5.30. The molecule has 0 atom stereocenters. The molecule has 0 spiro atoms. The number of aromatic nitrogens is 2. The minimum absolute atomic E-state index is 0.00759. The molecular formula is C17H20N4O7S2. The summed E-state index contributed by atoms with van der Waals surface area (Å²) in [6.07, 6.45) is 0. The number of sulfonamides is 1. The van der Waals surface area contributed by atoms with Gasteiger partial charge in [0.2, 0.25) is 11.0 Å². The van der Waals surface area contributed by atoms with E-state index in [0.29, 0.717) is 11.3 Å². The van der Waals surface area contributed by atoms with Crippen molar-refractivity contribution in [3.63, 3.8) is 0 Å². The molecule has 13 heteroatoms. The number of benzene rings is 1. The van der Waals surface area contributed by atoms with Crippen molar-refractivity contribution in [3.05, 3.63) is 29.3 Å². The van der Waals surface area contributed by atoms with E-state index in [1.165, 1.54) is 12.1 Å². The molecule has 2 rings (SSSR count). The Morgan fingerprint density at radius 2 is 1.67 bits per heavy atom. The van der Waals surface area contributed by atoms with Crippen LogP contribution in [0.4, 0.5) is 10.8 Å². The number of carbonyl (C=O) groups is 3. The van der Waals surface area contributed by atoms with Gasteiger partial charge in [0.05, 0.1) is 31.0 Å². The molecule has 0 aliphatic carbocycles.